The molecular weight excluding hydrogens is 148 g/mol. The summed E-state index contributed by atoms with van der Waals surface area (Å²) in [5.41, 5.74) is 11.0. The van der Waals surface area contributed by atoms with Crippen LogP contribution in [0.5, 0.6) is 0 Å². The van der Waals surface area contributed by atoms with Gasteiger partial charge in [0.25, 0.3) is 0 Å². The summed E-state index contributed by atoms with van der Waals surface area (Å²) in [6, 6.07) is 0. The largest absolute Gasteiger partial charge is 0.316 e. The first-order valence-electron chi connectivity index (χ1n) is 5.13. The van der Waals surface area contributed by atoms with Crippen LogP contribution in [0.25, 0.3) is 0 Å². The van der Waals surface area contributed by atoms with Crippen LogP contribution in [-0.2, 0) is 0 Å². The first-order valence-corrected chi connectivity index (χ1v) is 5.13. The van der Waals surface area contributed by atoms with Gasteiger partial charge in [0, 0.05) is 0 Å². The van der Waals surface area contributed by atoms with Gasteiger partial charge >= 0.3 is 0 Å². The fourth-order valence-corrected chi connectivity index (χ4v) is 1.90. The topological polar surface area (TPSA) is 52.0 Å². The number of rotatable bonds is 4. The molecule has 1 unspecified atom stereocenters. The van der Waals surface area contributed by atoms with Gasteiger partial charge < -0.3 is 11.5 Å². The summed E-state index contributed by atoms with van der Waals surface area (Å²) < 4.78 is 0. The fraction of sp³-hybridized carbons (Fsp3) is 0.900. The van der Waals surface area contributed by atoms with Crippen molar-refractivity contribution in [2.45, 2.75) is 51.1 Å². The zero-order valence-corrected chi connectivity index (χ0v) is 7.84. The molecule has 2 nitrogen and oxygen atoms in total. The number of hydrogen-bond donors (Lipinski definition) is 2. The molecule has 4 N–H and O–H groups in total. The second kappa shape index (κ2) is 5.55. The van der Waals surface area contributed by atoms with Gasteiger partial charge in [-0.1, -0.05) is 32.1 Å². The number of hydrogen-bond acceptors (Lipinski definition) is 2. The summed E-state index contributed by atoms with van der Waals surface area (Å²) in [7, 11) is 0. The monoisotopic (exact) mass is 169 g/mol. The molecule has 0 amide bonds. The van der Waals surface area contributed by atoms with Gasteiger partial charge in [-0.15, -0.1) is 0 Å². The van der Waals surface area contributed by atoms with Crippen molar-refractivity contribution in [2.75, 3.05) is 0 Å². The van der Waals surface area contributed by atoms with E-state index in [9.17, 15) is 0 Å². The van der Waals surface area contributed by atoms with E-state index in [0.29, 0.717) is 0 Å². The zero-order chi connectivity index (χ0) is 8.81. The summed E-state index contributed by atoms with van der Waals surface area (Å²) in [6.45, 7) is 0. The maximum Gasteiger partial charge on any atom is 0.0520 e. The third kappa shape index (κ3) is 4.07. The lowest BCUT2D eigenvalue weighted by molar-refractivity contribution is 0.400. The van der Waals surface area contributed by atoms with E-state index < -0.39 is 0 Å². The SMILES string of the molecule is NC(N)CCCC1[CH]CCCC1. The van der Waals surface area contributed by atoms with Crippen LogP contribution in [0.1, 0.15) is 44.9 Å². The summed E-state index contributed by atoms with van der Waals surface area (Å²) in [6.07, 6.45) is 11.4. The van der Waals surface area contributed by atoms with E-state index in [0.717, 1.165) is 12.3 Å². The van der Waals surface area contributed by atoms with Gasteiger partial charge in [0.1, 0.15) is 0 Å². The highest BCUT2D eigenvalue weighted by Crippen LogP contribution is 2.26. The average molecular weight is 169 g/mol. The summed E-state index contributed by atoms with van der Waals surface area (Å²) in [5.74, 6) is 0.859. The third-order valence-corrected chi connectivity index (χ3v) is 2.64. The number of nitrogens with two attached hydrogens (primary N) is 2. The first-order chi connectivity index (χ1) is 5.79. The van der Waals surface area contributed by atoms with E-state index in [4.69, 9.17) is 11.5 Å². The molecular formula is C10H21N2. The predicted molar refractivity (Wildman–Crippen MR) is 52.3 cm³/mol. The van der Waals surface area contributed by atoms with Gasteiger partial charge in [-0.05, 0) is 25.2 Å². The Bertz CT molecular complexity index is 106. The van der Waals surface area contributed by atoms with E-state index >= 15 is 0 Å². The van der Waals surface area contributed by atoms with E-state index in [-0.39, 0.29) is 6.17 Å². The lowest BCUT2D eigenvalue weighted by Crippen LogP contribution is -2.30. The predicted octanol–water partition coefficient (Wildman–Crippen LogP) is 1.79. The second-order valence-electron chi connectivity index (χ2n) is 3.87. The zero-order valence-electron chi connectivity index (χ0n) is 7.84. The highest BCUT2D eigenvalue weighted by atomic mass is 14.8. The Hall–Kier alpha value is -0.0800. The van der Waals surface area contributed by atoms with Crippen molar-refractivity contribution in [1.29, 1.82) is 0 Å². The third-order valence-electron chi connectivity index (χ3n) is 2.64. The molecule has 0 aromatic rings. The molecule has 0 saturated heterocycles. The van der Waals surface area contributed by atoms with Crippen molar-refractivity contribution in [3.63, 3.8) is 0 Å². The van der Waals surface area contributed by atoms with E-state index in [1.165, 1.54) is 38.5 Å². The first kappa shape index (κ1) is 10.0. The van der Waals surface area contributed by atoms with Gasteiger partial charge in [0.15, 0.2) is 0 Å². The molecule has 1 atom stereocenters. The summed E-state index contributed by atoms with van der Waals surface area (Å²) >= 11 is 0. The van der Waals surface area contributed by atoms with Crippen LogP contribution in [-0.4, -0.2) is 6.17 Å². The lowest BCUT2D eigenvalue weighted by atomic mass is 9.86. The van der Waals surface area contributed by atoms with Crippen LogP contribution in [0.3, 0.4) is 0 Å². The normalized spacial score (nSPS) is 20.2. The molecule has 0 spiro atoms. The lowest BCUT2D eigenvalue weighted by Gasteiger charge is -2.21. The standard InChI is InChI=1S/C10H21N2/c11-10(12)8-4-7-9-5-2-1-3-6-9/h5,9-10H,1-4,6-8,11-12H2. The van der Waals surface area contributed by atoms with Crippen LogP contribution in [0.4, 0.5) is 0 Å². The average Bonchev–Trinajstić information content (AvgIpc) is 2.05. The van der Waals surface area contributed by atoms with Gasteiger partial charge in [-0.25, -0.2) is 0 Å². The van der Waals surface area contributed by atoms with Crippen molar-refractivity contribution in [1.82, 2.24) is 0 Å². The highest BCUT2D eigenvalue weighted by molar-refractivity contribution is 4.80. The van der Waals surface area contributed by atoms with Crippen molar-refractivity contribution < 1.29 is 0 Å². The molecule has 0 heterocycles. The van der Waals surface area contributed by atoms with Crippen molar-refractivity contribution in [3.8, 4) is 0 Å². The Kier molecular flexibility index (Phi) is 4.62. The Morgan fingerprint density at radius 2 is 2.17 bits per heavy atom. The molecule has 0 aromatic heterocycles. The molecule has 1 radical (unpaired) electrons. The molecule has 1 aliphatic rings. The summed E-state index contributed by atoms with van der Waals surface area (Å²) in [4.78, 5) is 0. The van der Waals surface area contributed by atoms with Crippen LogP contribution >= 0.6 is 0 Å². The quantitative estimate of drug-likeness (QED) is 0.630. The van der Waals surface area contributed by atoms with Crippen molar-refractivity contribution >= 4 is 0 Å². The Morgan fingerprint density at radius 3 is 2.75 bits per heavy atom. The van der Waals surface area contributed by atoms with Crippen LogP contribution in [0, 0.1) is 12.3 Å². The molecule has 0 aliphatic heterocycles. The minimum atomic E-state index is -0.103. The Labute approximate surface area is 75.7 Å². The Morgan fingerprint density at radius 1 is 1.33 bits per heavy atom. The Balaban J connectivity index is 1.98. The minimum absolute atomic E-state index is 0.103. The fourth-order valence-electron chi connectivity index (χ4n) is 1.90. The van der Waals surface area contributed by atoms with Crippen LogP contribution in [0.2, 0.25) is 0 Å². The highest BCUT2D eigenvalue weighted by Gasteiger charge is 2.12. The van der Waals surface area contributed by atoms with Gasteiger partial charge in [0.2, 0.25) is 0 Å². The van der Waals surface area contributed by atoms with Crippen molar-refractivity contribution in [3.05, 3.63) is 6.42 Å². The second-order valence-corrected chi connectivity index (χ2v) is 3.87. The minimum Gasteiger partial charge on any atom is -0.316 e. The van der Waals surface area contributed by atoms with Crippen molar-refractivity contribution in [2.24, 2.45) is 17.4 Å². The van der Waals surface area contributed by atoms with Crippen LogP contribution < -0.4 is 11.5 Å². The molecule has 0 bridgehead atoms. The molecule has 1 saturated carbocycles. The molecule has 2 heteroatoms. The summed E-state index contributed by atoms with van der Waals surface area (Å²) in [5, 5.41) is 0. The molecule has 1 rings (SSSR count). The van der Waals surface area contributed by atoms with Gasteiger partial charge in [-0.3, -0.25) is 0 Å². The smallest absolute Gasteiger partial charge is 0.0520 e. The molecule has 1 aliphatic carbocycles. The van der Waals surface area contributed by atoms with E-state index in [1.54, 1.807) is 0 Å². The van der Waals surface area contributed by atoms with E-state index in [1.807, 2.05) is 0 Å². The molecule has 12 heavy (non-hydrogen) atoms. The van der Waals surface area contributed by atoms with Gasteiger partial charge in [-0.2, -0.15) is 0 Å². The molecule has 71 valence electrons. The maximum atomic E-state index is 5.48. The van der Waals surface area contributed by atoms with E-state index in [2.05, 4.69) is 6.42 Å². The molecule has 1 fully saturated rings. The van der Waals surface area contributed by atoms with Gasteiger partial charge in [0.05, 0.1) is 6.17 Å². The van der Waals surface area contributed by atoms with Crippen LogP contribution in [0.15, 0.2) is 0 Å². The molecule has 0 aromatic carbocycles. The maximum absolute atomic E-state index is 5.48.